The van der Waals surface area contributed by atoms with Crippen molar-refractivity contribution in [1.29, 1.82) is 0 Å². The van der Waals surface area contributed by atoms with Crippen molar-refractivity contribution in [2.24, 2.45) is 5.73 Å². The Hall–Kier alpha value is -1.01. The fraction of sp³-hybridized carbons (Fsp3) is 0.571. The molecule has 0 radical (unpaired) electrons. The van der Waals surface area contributed by atoms with Crippen molar-refractivity contribution in [2.45, 2.75) is 19.4 Å². The molecule has 3 nitrogen and oxygen atoms in total. The zero-order chi connectivity index (χ0) is 7.98. The van der Waals surface area contributed by atoms with Crippen LogP contribution in [-0.4, -0.2) is 18.5 Å². The van der Waals surface area contributed by atoms with Gasteiger partial charge in [0.15, 0.2) is 0 Å². The molecule has 0 fully saturated rings. The van der Waals surface area contributed by atoms with Crippen molar-refractivity contribution in [3.63, 3.8) is 0 Å². The van der Waals surface area contributed by atoms with Gasteiger partial charge in [-0.2, -0.15) is 0 Å². The standard InChI is InChI=1S/C7H12N2O/c1-3-7(10)9-5-4-6(2)8/h1,6H,4-5,8H2,2H3,(H,9,10). The van der Waals surface area contributed by atoms with E-state index >= 15 is 0 Å². The summed E-state index contributed by atoms with van der Waals surface area (Å²) in [5.41, 5.74) is 5.42. The van der Waals surface area contributed by atoms with Crippen LogP contribution in [0, 0.1) is 12.3 Å². The van der Waals surface area contributed by atoms with Gasteiger partial charge in [0, 0.05) is 12.6 Å². The van der Waals surface area contributed by atoms with Crippen molar-refractivity contribution in [1.82, 2.24) is 5.32 Å². The molecule has 10 heavy (non-hydrogen) atoms. The molecule has 0 spiro atoms. The zero-order valence-electron chi connectivity index (χ0n) is 6.05. The highest BCUT2D eigenvalue weighted by molar-refractivity contribution is 5.92. The zero-order valence-corrected chi connectivity index (χ0v) is 6.05. The molecule has 0 aromatic rings. The maximum absolute atomic E-state index is 10.4. The molecule has 0 rings (SSSR count). The summed E-state index contributed by atoms with van der Waals surface area (Å²) in [6, 6.07) is 0.109. The average molecular weight is 140 g/mol. The van der Waals surface area contributed by atoms with Crippen LogP contribution < -0.4 is 11.1 Å². The van der Waals surface area contributed by atoms with Crippen LogP contribution in [0.2, 0.25) is 0 Å². The minimum Gasteiger partial charge on any atom is -0.345 e. The number of terminal acetylenes is 1. The van der Waals surface area contributed by atoms with Gasteiger partial charge in [-0.1, -0.05) is 0 Å². The van der Waals surface area contributed by atoms with Crippen molar-refractivity contribution in [2.75, 3.05) is 6.54 Å². The first-order chi connectivity index (χ1) is 4.66. The number of carbonyl (C=O) groups is 1. The van der Waals surface area contributed by atoms with Crippen molar-refractivity contribution < 1.29 is 4.79 Å². The SMILES string of the molecule is C#CC(=O)NCCC(C)N. The first kappa shape index (κ1) is 8.99. The molecule has 3 heteroatoms. The second kappa shape index (κ2) is 4.83. The number of carbonyl (C=O) groups excluding carboxylic acids is 1. The number of nitrogens with two attached hydrogens (primary N) is 1. The topological polar surface area (TPSA) is 55.1 Å². The number of rotatable bonds is 3. The van der Waals surface area contributed by atoms with E-state index in [0.29, 0.717) is 6.54 Å². The molecule has 0 saturated carbocycles. The van der Waals surface area contributed by atoms with Gasteiger partial charge in [-0.15, -0.1) is 6.42 Å². The summed E-state index contributed by atoms with van der Waals surface area (Å²) >= 11 is 0. The van der Waals surface area contributed by atoms with Crippen LogP contribution in [0.25, 0.3) is 0 Å². The van der Waals surface area contributed by atoms with Gasteiger partial charge in [0.1, 0.15) is 0 Å². The lowest BCUT2D eigenvalue weighted by Crippen LogP contribution is -2.27. The summed E-state index contributed by atoms with van der Waals surface area (Å²) < 4.78 is 0. The summed E-state index contributed by atoms with van der Waals surface area (Å²) in [4.78, 5) is 10.4. The minimum atomic E-state index is -0.374. The molecule has 0 heterocycles. The van der Waals surface area contributed by atoms with Gasteiger partial charge < -0.3 is 11.1 Å². The van der Waals surface area contributed by atoms with E-state index in [1.165, 1.54) is 0 Å². The smallest absolute Gasteiger partial charge is 0.295 e. The fourth-order valence-electron chi connectivity index (χ4n) is 0.464. The van der Waals surface area contributed by atoms with Gasteiger partial charge in [-0.05, 0) is 19.3 Å². The largest absolute Gasteiger partial charge is 0.345 e. The Bertz CT molecular complexity index is 146. The fourth-order valence-corrected chi connectivity index (χ4v) is 0.464. The molecule has 0 aromatic carbocycles. The highest BCUT2D eigenvalue weighted by Crippen LogP contribution is 1.81. The van der Waals surface area contributed by atoms with Gasteiger partial charge in [0.25, 0.3) is 5.91 Å². The number of amides is 1. The van der Waals surface area contributed by atoms with Crippen LogP contribution in [0.15, 0.2) is 0 Å². The quantitative estimate of drug-likeness (QED) is 0.518. The molecule has 0 bridgehead atoms. The van der Waals surface area contributed by atoms with Gasteiger partial charge in [0.05, 0.1) is 0 Å². The molecule has 0 aliphatic rings. The summed E-state index contributed by atoms with van der Waals surface area (Å²) in [5.74, 6) is 1.57. The second-order valence-corrected chi connectivity index (χ2v) is 2.17. The van der Waals surface area contributed by atoms with E-state index in [2.05, 4.69) is 5.32 Å². The van der Waals surface area contributed by atoms with Crippen LogP contribution in [0.3, 0.4) is 0 Å². The molecule has 0 aromatic heterocycles. The first-order valence-corrected chi connectivity index (χ1v) is 3.17. The Morgan fingerprint density at radius 3 is 2.90 bits per heavy atom. The van der Waals surface area contributed by atoms with E-state index < -0.39 is 0 Å². The van der Waals surface area contributed by atoms with Gasteiger partial charge in [0.2, 0.25) is 0 Å². The van der Waals surface area contributed by atoms with E-state index in [4.69, 9.17) is 12.2 Å². The third-order valence-corrected chi connectivity index (χ3v) is 1.02. The van der Waals surface area contributed by atoms with Crippen LogP contribution in [0.4, 0.5) is 0 Å². The minimum absolute atomic E-state index is 0.109. The summed E-state index contributed by atoms with van der Waals surface area (Å²) in [7, 11) is 0. The summed E-state index contributed by atoms with van der Waals surface area (Å²) in [6.07, 6.45) is 5.55. The average Bonchev–Trinajstić information content (AvgIpc) is 1.87. The number of nitrogens with one attached hydrogen (secondary N) is 1. The number of hydrogen-bond donors (Lipinski definition) is 2. The predicted molar refractivity (Wildman–Crippen MR) is 40.1 cm³/mol. The third-order valence-electron chi connectivity index (χ3n) is 1.02. The predicted octanol–water partition coefficient (Wildman–Crippen LogP) is -0.527. The lowest BCUT2D eigenvalue weighted by atomic mass is 10.2. The van der Waals surface area contributed by atoms with Gasteiger partial charge in [-0.3, -0.25) is 4.79 Å². The van der Waals surface area contributed by atoms with Crippen LogP contribution in [-0.2, 0) is 4.79 Å². The Morgan fingerprint density at radius 2 is 2.50 bits per heavy atom. The van der Waals surface area contributed by atoms with Crippen LogP contribution in [0.1, 0.15) is 13.3 Å². The molecule has 1 amide bonds. The highest BCUT2D eigenvalue weighted by atomic mass is 16.1. The molecule has 56 valence electrons. The molecule has 0 aliphatic heterocycles. The molecule has 0 saturated heterocycles. The van der Waals surface area contributed by atoms with E-state index in [-0.39, 0.29) is 11.9 Å². The van der Waals surface area contributed by atoms with Gasteiger partial charge >= 0.3 is 0 Å². The Kier molecular flexibility index (Phi) is 4.34. The summed E-state index contributed by atoms with van der Waals surface area (Å²) in [6.45, 7) is 2.43. The van der Waals surface area contributed by atoms with E-state index in [1.54, 1.807) is 0 Å². The second-order valence-electron chi connectivity index (χ2n) is 2.17. The number of hydrogen-bond acceptors (Lipinski definition) is 2. The van der Waals surface area contributed by atoms with E-state index in [1.807, 2.05) is 12.8 Å². The monoisotopic (exact) mass is 140 g/mol. The lowest BCUT2D eigenvalue weighted by molar-refractivity contribution is -0.115. The maximum Gasteiger partial charge on any atom is 0.295 e. The normalized spacial score (nSPS) is 11.7. The van der Waals surface area contributed by atoms with Crippen molar-refractivity contribution in [3.05, 3.63) is 0 Å². The van der Waals surface area contributed by atoms with Gasteiger partial charge in [-0.25, -0.2) is 0 Å². The van der Waals surface area contributed by atoms with Crippen molar-refractivity contribution in [3.8, 4) is 12.3 Å². The molecule has 3 N–H and O–H groups in total. The lowest BCUT2D eigenvalue weighted by Gasteiger charge is -2.03. The molecule has 0 aliphatic carbocycles. The Balaban J connectivity index is 3.22. The first-order valence-electron chi connectivity index (χ1n) is 3.17. The highest BCUT2D eigenvalue weighted by Gasteiger charge is 1.95. The van der Waals surface area contributed by atoms with E-state index in [9.17, 15) is 4.79 Å². The molecule has 1 unspecified atom stereocenters. The maximum atomic E-state index is 10.4. The molecular formula is C7H12N2O. The molecule has 1 atom stereocenters. The van der Waals surface area contributed by atoms with E-state index in [0.717, 1.165) is 6.42 Å². The third kappa shape index (κ3) is 5.13. The summed E-state index contributed by atoms with van der Waals surface area (Å²) in [5, 5.41) is 2.51. The van der Waals surface area contributed by atoms with Crippen LogP contribution in [0.5, 0.6) is 0 Å². The van der Waals surface area contributed by atoms with Crippen molar-refractivity contribution >= 4 is 5.91 Å². The molecular weight excluding hydrogens is 128 g/mol. The van der Waals surface area contributed by atoms with Crippen LogP contribution >= 0.6 is 0 Å². The Labute approximate surface area is 61.0 Å². The Morgan fingerprint density at radius 1 is 1.90 bits per heavy atom.